The van der Waals surface area contributed by atoms with Crippen molar-refractivity contribution in [2.24, 2.45) is 0 Å². The van der Waals surface area contributed by atoms with Gasteiger partial charge >= 0.3 is 6.09 Å². The van der Waals surface area contributed by atoms with E-state index >= 15 is 0 Å². The quantitative estimate of drug-likeness (QED) is 0.456. The van der Waals surface area contributed by atoms with Gasteiger partial charge in [-0.25, -0.2) is 13.2 Å². The van der Waals surface area contributed by atoms with Gasteiger partial charge in [0.2, 0.25) is 0 Å². The van der Waals surface area contributed by atoms with Crippen LogP contribution in [0, 0.1) is 0 Å². The molecule has 0 radical (unpaired) electrons. The molecule has 0 aromatic heterocycles. The van der Waals surface area contributed by atoms with Crippen LogP contribution in [0.4, 0.5) is 16.2 Å². The van der Waals surface area contributed by atoms with E-state index in [4.69, 9.17) is 14.2 Å². The maximum absolute atomic E-state index is 13.1. The first-order chi connectivity index (χ1) is 15.4. The normalized spacial score (nSPS) is 10.8. The minimum Gasteiger partial charge on any atom is -0.492 e. The van der Waals surface area contributed by atoms with Gasteiger partial charge in [0.1, 0.15) is 11.5 Å². The van der Waals surface area contributed by atoms with Crippen LogP contribution < -0.4 is 19.5 Å². The van der Waals surface area contributed by atoms with Crippen molar-refractivity contribution in [3.05, 3.63) is 72.8 Å². The highest BCUT2D eigenvalue weighted by atomic mass is 32.2. The van der Waals surface area contributed by atoms with E-state index in [1.807, 2.05) is 18.2 Å². The number of rotatable bonds is 9. The van der Waals surface area contributed by atoms with Gasteiger partial charge in [-0.15, -0.1) is 0 Å². The SMILES string of the molecule is CCOC(=O)Nc1cc(S(=O)(=O)Nc2ccccc2Oc2ccccc2)ccc1OCC. The van der Waals surface area contributed by atoms with E-state index in [1.165, 1.54) is 18.2 Å². The van der Waals surface area contributed by atoms with Gasteiger partial charge < -0.3 is 14.2 Å². The number of amides is 1. The van der Waals surface area contributed by atoms with E-state index in [1.54, 1.807) is 50.2 Å². The predicted molar refractivity (Wildman–Crippen MR) is 122 cm³/mol. The van der Waals surface area contributed by atoms with Crippen LogP contribution in [0.25, 0.3) is 0 Å². The van der Waals surface area contributed by atoms with Crippen LogP contribution in [0.2, 0.25) is 0 Å². The van der Waals surface area contributed by atoms with Gasteiger partial charge in [0.05, 0.1) is 29.5 Å². The first kappa shape index (κ1) is 23.0. The molecule has 3 rings (SSSR count). The van der Waals surface area contributed by atoms with Crippen molar-refractivity contribution < 1.29 is 27.4 Å². The summed E-state index contributed by atoms with van der Waals surface area (Å²) >= 11 is 0. The third kappa shape index (κ3) is 5.92. The number of anilines is 2. The maximum Gasteiger partial charge on any atom is 0.411 e. The Morgan fingerprint density at radius 3 is 2.28 bits per heavy atom. The average Bonchev–Trinajstić information content (AvgIpc) is 2.77. The molecule has 0 heterocycles. The van der Waals surface area contributed by atoms with Crippen molar-refractivity contribution >= 4 is 27.5 Å². The monoisotopic (exact) mass is 456 g/mol. The van der Waals surface area contributed by atoms with Crippen LogP contribution in [0.3, 0.4) is 0 Å². The molecular formula is C23H24N2O6S. The maximum atomic E-state index is 13.1. The van der Waals surface area contributed by atoms with E-state index < -0.39 is 16.1 Å². The lowest BCUT2D eigenvalue weighted by Crippen LogP contribution is -2.17. The Morgan fingerprint density at radius 1 is 0.844 bits per heavy atom. The summed E-state index contributed by atoms with van der Waals surface area (Å²) in [4.78, 5) is 11.8. The smallest absolute Gasteiger partial charge is 0.411 e. The molecule has 8 nitrogen and oxygen atoms in total. The Labute approximate surface area is 187 Å². The Morgan fingerprint density at radius 2 is 1.56 bits per heavy atom. The van der Waals surface area contributed by atoms with Gasteiger partial charge in [-0.2, -0.15) is 0 Å². The first-order valence-corrected chi connectivity index (χ1v) is 11.5. The summed E-state index contributed by atoms with van der Waals surface area (Å²) in [6, 6.07) is 19.9. The summed E-state index contributed by atoms with van der Waals surface area (Å²) in [5, 5.41) is 2.51. The highest BCUT2D eigenvalue weighted by molar-refractivity contribution is 7.92. The number of hydrogen-bond acceptors (Lipinski definition) is 6. The molecule has 0 atom stereocenters. The second-order valence-corrected chi connectivity index (χ2v) is 8.14. The predicted octanol–water partition coefficient (Wildman–Crippen LogP) is 5.25. The van der Waals surface area contributed by atoms with Gasteiger partial charge in [-0.1, -0.05) is 30.3 Å². The molecule has 3 aromatic carbocycles. The van der Waals surface area contributed by atoms with Gasteiger partial charge in [0.25, 0.3) is 10.0 Å². The van der Waals surface area contributed by atoms with Crippen molar-refractivity contribution in [2.75, 3.05) is 23.3 Å². The fourth-order valence-electron chi connectivity index (χ4n) is 2.79. The lowest BCUT2D eigenvalue weighted by atomic mass is 10.3. The van der Waals surface area contributed by atoms with Gasteiger partial charge in [0, 0.05) is 0 Å². The molecule has 0 aliphatic rings. The highest BCUT2D eigenvalue weighted by Crippen LogP contribution is 2.33. The Hall–Kier alpha value is -3.72. The van der Waals surface area contributed by atoms with E-state index in [0.717, 1.165) is 0 Å². The summed E-state index contributed by atoms with van der Waals surface area (Å²) in [7, 11) is -4.01. The third-order valence-electron chi connectivity index (χ3n) is 4.18. The molecule has 3 aromatic rings. The van der Waals surface area contributed by atoms with E-state index in [0.29, 0.717) is 23.9 Å². The van der Waals surface area contributed by atoms with Crippen molar-refractivity contribution in [1.82, 2.24) is 0 Å². The molecule has 2 N–H and O–H groups in total. The number of ether oxygens (including phenoxy) is 3. The van der Waals surface area contributed by atoms with Crippen LogP contribution in [-0.4, -0.2) is 27.7 Å². The van der Waals surface area contributed by atoms with Crippen molar-refractivity contribution in [1.29, 1.82) is 0 Å². The lowest BCUT2D eigenvalue weighted by Gasteiger charge is -2.15. The molecule has 1 amide bonds. The molecule has 32 heavy (non-hydrogen) atoms. The summed E-state index contributed by atoms with van der Waals surface area (Å²) in [5.41, 5.74) is 0.451. The van der Waals surface area contributed by atoms with Crippen LogP contribution in [-0.2, 0) is 14.8 Å². The molecule has 168 valence electrons. The van der Waals surface area contributed by atoms with Crippen LogP contribution in [0.1, 0.15) is 13.8 Å². The zero-order valence-corrected chi connectivity index (χ0v) is 18.5. The van der Waals surface area contributed by atoms with Gasteiger partial charge in [-0.3, -0.25) is 10.0 Å². The molecule has 0 bridgehead atoms. The Balaban J connectivity index is 1.89. The molecular weight excluding hydrogens is 432 g/mol. The lowest BCUT2D eigenvalue weighted by molar-refractivity contribution is 0.167. The van der Waals surface area contributed by atoms with E-state index in [-0.39, 0.29) is 22.9 Å². The van der Waals surface area contributed by atoms with Gasteiger partial charge in [0.15, 0.2) is 5.75 Å². The van der Waals surface area contributed by atoms with Crippen LogP contribution in [0.5, 0.6) is 17.2 Å². The van der Waals surface area contributed by atoms with Crippen LogP contribution in [0.15, 0.2) is 77.7 Å². The summed E-state index contributed by atoms with van der Waals surface area (Å²) in [5.74, 6) is 1.24. The molecule has 0 saturated carbocycles. The second-order valence-electron chi connectivity index (χ2n) is 6.45. The largest absolute Gasteiger partial charge is 0.492 e. The fraction of sp³-hybridized carbons (Fsp3) is 0.174. The van der Waals surface area contributed by atoms with Crippen LogP contribution >= 0.6 is 0 Å². The standard InChI is InChI=1S/C23H24N2O6S/c1-3-29-21-15-14-18(16-20(21)24-23(26)30-4-2)32(27,28)25-19-12-8-9-13-22(19)31-17-10-6-5-7-11-17/h5-16,25H,3-4H2,1-2H3,(H,24,26). The average molecular weight is 457 g/mol. The summed E-state index contributed by atoms with van der Waals surface area (Å²) in [6.45, 7) is 3.96. The van der Waals surface area contributed by atoms with E-state index in [9.17, 15) is 13.2 Å². The zero-order chi connectivity index (χ0) is 23.0. The highest BCUT2D eigenvalue weighted by Gasteiger charge is 2.20. The van der Waals surface area contributed by atoms with Crippen molar-refractivity contribution in [3.63, 3.8) is 0 Å². The number of hydrogen-bond donors (Lipinski definition) is 2. The van der Waals surface area contributed by atoms with E-state index in [2.05, 4.69) is 10.0 Å². The summed E-state index contributed by atoms with van der Waals surface area (Å²) in [6.07, 6.45) is -0.711. The number of sulfonamides is 1. The molecule has 0 fully saturated rings. The molecule has 0 unspecified atom stereocenters. The Kier molecular flexibility index (Phi) is 7.56. The molecule has 0 spiro atoms. The summed E-state index contributed by atoms with van der Waals surface area (Å²) < 4.78 is 44.9. The first-order valence-electron chi connectivity index (χ1n) is 9.98. The molecule has 0 aliphatic carbocycles. The Bertz CT molecular complexity index is 1170. The van der Waals surface area contributed by atoms with Crippen molar-refractivity contribution in [2.45, 2.75) is 18.7 Å². The minimum absolute atomic E-state index is 0.0673. The number of carbonyl (C=O) groups is 1. The molecule has 0 aliphatic heterocycles. The minimum atomic E-state index is -4.01. The topological polar surface area (TPSA) is 103 Å². The number of carbonyl (C=O) groups excluding carboxylic acids is 1. The third-order valence-corrected chi connectivity index (χ3v) is 5.54. The van der Waals surface area contributed by atoms with Crippen molar-refractivity contribution in [3.8, 4) is 17.2 Å². The number of nitrogens with one attached hydrogen (secondary N) is 2. The zero-order valence-electron chi connectivity index (χ0n) is 17.7. The molecule has 0 saturated heterocycles. The second kappa shape index (κ2) is 10.5. The fourth-order valence-corrected chi connectivity index (χ4v) is 3.89. The number of benzene rings is 3. The molecule has 9 heteroatoms. The van der Waals surface area contributed by atoms with Gasteiger partial charge in [-0.05, 0) is 56.3 Å². The number of para-hydroxylation sites is 3.